The number of nitrogens with one attached hydrogen (secondary N) is 1. The third kappa shape index (κ3) is 3.56. The van der Waals surface area contributed by atoms with Crippen LogP contribution in [0.1, 0.15) is 19.3 Å². The van der Waals surface area contributed by atoms with Gasteiger partial charge in [-0.25, -0.2) is 0 Å². The molecule has 1 aliphatic heterocycles. The largest absolute Gasteiger partial charge is 0.495 e. The second-order valence-electron chi connectivity index (χ2n) is 6.49. The smallest absolute Gasteiger partial charge is 0.224 e. The zero-order valence-electron chi connectivity index (χ0n) is 13.4. The maximum Gasteiger partial charge on any atom is 0.224 e. The van der Waals surface area contributed by atoms with Crippen molar-refractivity contribution >= 4 is 23.2 Å². The molecule has 0 aromatic heterocycles. The van der Waals surface area contributed by atoms with E-state index in [1.165, 1.54) is 0 Å². The normalized spacial score (nSPS) is 26.2. The SMILES string of the molecule is COc1ccc(Cl)cc1NCCC(=O)N1CC2CCC(N)C2C1. The first-order valence-corrected chi connectivity index (χ1v) is 8.57. The minimum absolute atomic E-state index is 0.195. The Labute approximate surface area is 142 Å². The summed E-state index contributed by atoms with van der Waals surface area (Å²) in [5, 5.41) is 3.88. The van der Waals surface area contributed by atoms with Crippen molar-refractivity contribution < 1.29 is 9.53 Å². The van der Waals surface area contributed by atoms with Crippen LogP contribution in [0.4, 0.5) is 5.69 Å². The van der Waals surface area contributed by atoms with Gasteiger partial charge in [-0.3, -0.25) is 4.79 Å². The van der Waals surface area contributed by atoms with Crippen molar-refractivity contribution in [3.8, 4) is 5.75 Å². The number of halogens is 1. The number of carbonyl (C=O) groups is 1. The fraction of sp³-hybridized carbons (Fsp3) is 0.588. The summed E-state index contributed by atoms with van der Waals surface area (Å²) >= 11 is 6.00. The summed E-state index contributed by atoms with van der Waals surface area (Å²) in [6.45, 7) is 2.26. The van der Waals surface area contributed by atoms with Gasteiger partial charge in [0.2, 0.25) is 5.91 Å². The highest BCUT2D eigenvalue weighted by Crippen LogP contribution is 2.37. The summed E-state index contributed by atoms with van der Waals surface area (Å²) in [6, 6.07) is 5.68. The molecule has 2 fully saturated rings. The van der Waals surface area contributed by atoms with Crippen molar-refractivity contribution in [3.05, 3.63) is 23.2 Å². The van der Waals surface area contributed by atoms with Crippen LogP contribution in [-0.4, -0.2) is 43.6 Å². The summed E-state index contributed by atoms with van der Waals surface area (Å²) in [5.74, 6) is 2.03. The van der Waals surface area contributed by atoms with Gasteiger partial charge in [0.15, 0.2) is 0 Å². The number of carbonyl (C=O) groups excluding carboxylic acids is 1. The van der Waals surface area contributed by atoms with Crippen LogP contribution in [0.5, 0.6) is 5.75 Å². The Morgan fingerprint density at radius 2 is 2.26 bits per heavy atom. The lowest BCUT2D eigenvalue weighted by Crippen LogP contribution is -2.34. The minimum atomic E-state index is 0.195. The Morgan fingerprint density at radius 1 is 1.43 bits per heavy atom. The molecular formula is C17H24ClN3O2. The second kappa shape index (κ2) is 6.97. The maximum atomic E-state index is 12.4. The van der Waals surface area contributed by atoms with Gasteiger partial charge in [0.1, 0.15) is 5.75 Å². The van der Waals surface area contributed by atoms with Crippen molar-refractivity contribution in [2.45, 2.75) is 25.3 Å². The Hall–Kier alpha value is -1.46. The highest BCUT2D eigenvalue weighted by Gasteiger charge is 2.42. The summed E-state index contributed by atoms with van der Waals surface area (Å²) < 4.78 is 5.29. The molecule has 1 aliphatic carbocycles. The number of nitrogens with zero attached hydrogens (tertiary/aromatic N) is 1. The number of likely N-dealkylation sites (tertiary alicyclic amines) is 1. The van der Waals surface area contributed by atoms with Gasteiger partial charge in [-0.15, -0.1) is 0 Å². The number of methoxy groups -OCH3 is 1. The number of hydrogen-bond acceptors (Lipinski definition) is 4. The van der Waals surface area contributed by atoms with Gasteiger partial charge in [-0.1, -0.05) is 11.6 Å². The number of rotatable bonds is 5. The molecule has 3 N–H and O–H groups in total. The average Bonchev–Trinajstić information content (AvgIpc) is 3.10. The van der Waals surface area contributed by atoms with E-state index < -0.39 is 0 Å². The monoisotopic (exact) mass is 337 g/mol. The fourth-order valence-corrected chi connectivity index (χ4v) is 3.96. The molecule has 3 atom stereocenters. The van der Waals surface area contributed by atoms with Crippen LogP contribution < -0.4 is 15.8 Å². The minimum Gasteiger partial charge on any atom is -0.495 e. The van der Waals surface area contributed by atoms with E-state index in [4.69, 9.17) is 22.1 Å². The number of ether oxygens (including phenoxy) is 1. The molecule has 23 heavy (non-hydrogen) atoms. The van der Waals surface area contributed by atoms with Crippen LogP contribution >= 0.6 is 11.6 Å². The molecule has 5 nitrogen and oxygen atoms in total. The summed E-state index contributed by atoms with van der Waals surface area (Å²) in [5.41, 5.74) is 6.94. The molecule has 126 valence electrons. The number of benzene rings is 1. The van der Waals surface area contributed by atoms with Gasteiger partial charge in [0.05, 0.1) is 12.8 Å². The third-order valence-corrected chi connectivity index (χ3v) is 5.32. The van der Waals surface area contributed by atoms with Crippen LogP contribution in [0.2, 0.25) is 5.02 Å². The summed E-state index contributed by atoms with van der Waals surface area (Å²) in [7, 11) is 1.62. The molecule has 0 radical (unpaired) electrons. The molecule has 1 saturated carbocycles. The van der Waals surface area contributed by atoms with Gasteiger partial charge in [-0.2, -0.15) is 0 Å². The molecule has 3 rings (SSSR count). The lowest BCUT2D eigenvalue weighted by molar-refractivity contribution is -0.130. The maximum absolute atomic E-state index is 12.4. The fourth-order valence-electron chi connectivity index (χ4n) is 3.79. The van der Waals surface area contributed by atoms with Crippen molar-refractivity contribution in [1.82, 2.24) is 4.90 Å². The topological polar surface area (TPSA) is 67.6 Å². The van der Waals surface area contributed by atoms with Crippen LogP contribution in [0.15, 0.2) is 18.2 Å². The first kappa shape index (κ1) is 16.4. The van der Waals surface area contributed by atoms with E-state index in [1.807, 2.05) is 17.0 Å². The molecule has 6 heteroatoms. The molecule has 0 bridgehead atoms. The predicted molar refractivity (Wildman–Crippen MR) is 91.9 cm³/mol. The van der Waals surface area contributed by atoms with E-state index >= 15 is 0 Å². The molecule has 1 heterocycles. The van der Waals surface area contributed by atoms with Crippen molar-refractivity contribution in [3.63, 3.8) is 0 Å². The van der Waals surface area contributed by atoms with Gasteiger partial charge in [0, 0.05) is 37.1 Å². The van der Waals surface area contributed by atoms with Crippen molar-refractivity contribution in [2.24, 2.45) is 17.6 Å². The van der Waals surface area contributed by atoms with Crippen LogP contribution in [0.3, 0.4) is 0 Å². The second-order valence-corrected chi connectivity index (χ2v) is 6.92. The molecule has 1 amide bonds. The number of amides is 1. The molecule has 1 aromatic carbocycles. The summed E-state index contributed by atoms with van der Waals surface area (Å²) in [6.07, 6.45) is 2.73. The quantitative estimate of drug-likeness (QED) is 0.865. The zero-order valence-corrected chi connectivity index (χ0v) is 14.2. The van der Waals surface area contributed by atoms with E-state index in [1.54, 1.807) is 13.2 Å². The molecule has 1 aromatic rings. The molecule has 0 spiro atoms. The Bertz CT molecular complexity index is 581. The van der Waals surface area contributed by atoms with Crippen molar-refractivity contribution in [2.75, 3.05) is 32.1 Å². The highest BCUT2D eigenvalue weighted by atomic mass is 35.5. The molecular weight excluding hydrogens is 314 g/mol. The van der Waals surface area contributed by atoms with Gasteiger partial charge in [-0.05, 0) is 42.9 Å². The van der Waals surface area contributed by atoms with E-state index in [0.717, 1.165) is 37.4 Å². The van der Waals surface area contributed by atoms with Gasteiger partial charge >= 0.3 is 0 Å². The number of nitrogens with two attached hydrogens (primary N) is 1. The molecule has 1 saturated heterocycles. The van der Waals surface area contributed by atoms with Crippen LogP contribution in [0.25, 0.3) is 0 Å². The molecule has 2 aliphatic rings. The Morgan fingerprint density at radius 3 is 3.00 bits per heavy atom. The lowest BCUT2D eigenvalue weighted by atomic mass is 9.98. The van der Waals surface area contributed by atoms with E-state index in [0.29, 0.717) is 29.8 Å². The number of hydrogen-bond donors (Lipinski definition) is 2. The van der Waals surface area contributed by atoms with E-state index in [-0.39, 0.29) is 11.9 Å². The van der Waals surface area contributed by atoms with Crippen LogP contribution in [-0.2, 0) is 4.79 Å². The van der Waals surface area contributed by atoms with E-state index in [2.05, 4.69) is 5.32 Å². The Balaban J connectivity index is 1.50. The number of anilines is 1. The highest BCUT2D eigenvalue weighted by molar-refractivity contribution is 6.30. The predicted octanol–water partition coefficient (Wildman–Crippen LogP) is 2.35. The standard InChI is InChI=1S/C17H24ClN3O2/c1-23-16-5-3-12(18)8-15(16)20-7-6-17(22)21-9-11-2-4-14(19)13(11)10-21/h3,5,8,11,13-14,20H,2,4,6-7,9-10,19H2,1H3. The lowest BCUT2D eigenvalue weighted by Gasteiger charge is -2.19. The Kier molecular flexibility index (Phi) is 4.97. The third-order valence-electron chi connectivity index (χ3n) is 5.08. The average molecular weight is 338 g/mol. The van der Waals surface area contributed by atoms with E-state index in [9.17, 15) is 4.79 Å². The first-order valence-electron chi connectivity index (χ1n) is 8.19. The summed E-state index contributed by atoms with van der Waals surface area (Å²) in [4.78, 5) is 14.4. The number of fused-ring (bicyclic) bond motifs is 1. The van der Waals surface area contributed by atoms with Crippen LogP contribution in [0, 0.1) is 11.8 Å². The zero-order chi connectivity index (χ0) is 16.4. The first-order chi connectivity index (χ1) is 11.1. The van der Waals surface area contributed by atoms with Crippen molar-refractivity contribution in [1.29, 1.82) is 0 Å². The molecule has 3 unspecified atom stereocenters. The van der Waals surface area contributed by atoms with Gasteiger partial charge < -0.3 is 20.7 Å². The van der Waals surface area contributed by atoms with Gasteiger partial charge in [0.25, 0.3) is 0 Å².